The second kappa shape index (κ2) is 12.2. The van der Waals surface area contributed by atoms with E-state index in [0.29, 0.717) is 30.9 Å². The SMILES string of the molecule is C=CCNC(=O)Nc1ccc(-c2c(C#N)c3ccc(OCCCN4CCOCC4)cc3n2CC)cc1. The molecule has 1 fully saturated rings. The molecule has 1 aliphatic heterocycles. The van der Waals surface area contributed by atoms with Gasteiger partial charge in [0.25, 0.3) is 0 Å². The molecule has 0 spiro atoms. The van der Waals surface area contributed by atoms with Crippen molar-refractivity contribution < 1.29 is 14.3 Å². The smallest absolute Gasteiger partial charge is 0.319 e. The molecule has 8 heteroatoms. The van der Waals surface area contributed by atoms with Crippen LogP contribution in [0, 0.1) is 11.3 Å². The normalized spacial score (nSPS) is 13.8. The molecule has 1 saturated heterocycles. The summed E-state index contributed by atoms with van der Waals surface area (Å²) in [5.41, 5.74) is 4.05. The van der Waals surface area contributed by atoms with Crippen LogP contribution >= 0.6 is 0 Å². The Bertz CT molecular complexity index is 1240. The topological polar surface area (TPSA) is 91.6 Å². The van der Waals surface area contributed by atoms with Crippen molar-refractivity contribution >= 4 is 22.6 Å². The van der Waals surface area contributed by atoms with Gasteiger partial charge in [-0.05, 0) is 43.2 Å². The maximum absolute atomic E-state index is 11.9. The quantitative estimate of drug-likeness (QED) is 0.322. The zero-order chi connectivity index (χ0) is 25.3. The van der Waals surface area contributed by atoms with Crippen LogP contribution in [0.2, 0.25) is 0 Å². The molecule has 0 atom stereocenters. The summed E-state index contributed by atoms with van der Waals surface area (Å²) in [6.45, 7) is 12.0. The van der Waals surface area contributed by atoms with Crippen LogP contribution in [0.5, 0.6) is 5.75 Å². The number of aromatic nitrogens is 1. The molecule has 1 aromatic heterocycles. The number of carbonyl (C=O) groups is 1. The van der Waals surface area contributed by atoms with Crippen molar-refractivity contribution in [3.63, 3.8) is 0 Å². The molecule has 0 unspecified atom stereocenters. The minimum atomic E-state index is -0.291. The van der Waals surface area contributed by atoms with E-state index in [0.717, 1.165) is 67.2 Å². The monoisotopic (exact) mass is 487 g/mol. The summed E-state index contributed by atoms with van der Waals surface area (Å²) < 4.78 is 13.6. The van der Waals surface area contributed by atoms with Gasteiger partial charge in [0.1, 0.15) is 11.8 Å². The Morgan fingerprint density at radius 1 is 1.22 bits per heavy atom. The third-order valence-electron chi connectivity index (χ3n) is 6.28. The van der Waals surface area contributed by atoms with Crippen LogP contribution in [0.15, 0.2) is 55.1 Å². The highest BCUT2D eigenvalue weighted by Gasteiger charge is 2.19. The fourth-order valence-electron chi connectivity index (χ4n) is 4.52. The first-order chi connectivity index (χ1) is 17.6. The van der Waals surface area contributed by atoms with Gasteiger partial charge in [-0.1, -0.05) is 18.2 Å². The summed E-state index contributed by atoms with van der Waals surface area (Å²) in [5, 5.41) is 16.4. The number of fused-ring (bicyclic) bond motifs is 1. The van der Waals surface area contributed by atoms with Gasteiger partial charge in [0.05, 0.1) is 36.6 Å². The van der Waals surface area contributed by atoms with Gasteiger partial charge in [0, 0.05) is 49.9 Å². The highest BCUT2D eigenvalue weighted by atomic mass is 16.5. The number of aryl methyl sites for hydroxylation is 1. The van der Waals surface area contributed by atoms with E-state index in [1.807, 2.05) is 42.5 Å². The standard InChI is InChI=1S/C28H33N5O3/c1-3-12-30-28(34)31-22-8-6-21(7-9-22)27-25(20-29)24-11-10-23(19-26(24)33(27)4-2)36-16-5-13-32-14-17-35-18-15-32/h3,6-11,19H,1,4-5,12-18H2,2H3,(H2,30,31,34). The summed E-state index contributed by atoms with van der Waals surface area (Å²) in [6.07, 6.45) is 2.57. The number of urea groups is 1. The first kappa shape index (κ1) is 25.3. The molecule has 36 heavy (non-hydrogen) atoms. The van der Waals surface area contributed by atoms with Crippen LogP contribution in [-0.4, -0.2) is 61.5 Å². The van der Waals surface area contributed by atoms with E-state index < -0.39 is 0 Å². The summed E-state index contributed by atoms with van der Waals surface area (Å²) in [6, 6.07) is 15.6. The predicted octanol–water partition coefficient (Wildman–Crippen LogP) is 4.61. The van der Waals surface area contributed by atoms with E-state index >= 15 is 0 Å². The van der Waals surface area contributed by atoms with Crippen LogP contribution < -0.4 is 15.4 Å². The Morgan fingerprint density at radius 3 is 2.69 bits per heavy atom. The molecular weight excluding hydrogens is 454 g/mol. The fourth-order valence-corrected chi connectivity index (χ4v) is 4.52. The molecule has 2 N–H and O–H groups in total. The molecule has 2 aromatic carbocycles. The molecule has 2 heterocycles. The summed E-state index contributed by atoms with van der Waals surface area (Å²) in [5.74, 6) is 0.804. The van der Waals surface area contributed by atoms with Crippen molar-refractivity contribution in [3.05, 3.63) is 60.7 Å². The van der Waals surface area contributed by atoms with Crippen LogP contribution in [0.1, 0.15) is 18.9 Å². The summed E-state index contributed by atoms with van der Waals surface area (Å²) >= 11 is 0. The third kappa shape index (κ3) is 5.88. The molecule has 1 aliphatic rings. The molecule has 0 saturated carbocycles. The molecule has 8 nitrogen and oxygen atoms in total. The lowest BCUT2D eigenvalue weighted by Crippen LogP contribution is -2.37. The maximum Gasteiger partial charge on any atom is 0.319 e. The van der Waals surface area contributed by atoms with E-state index in [9.17, 15) is 10.1 Å². The molecule has 0 bridgehead atoms. The number of morpholine rings is 1. The third-order valence-corrected chi connectivity index (χ3v) is 6.28. The van der Waals surface area contributed by atoms with Gasteiger partial charge >= 0.3 is 6.03 Å². The summed E-state index contributed by atoms with van der Waals surface area (Å²) in [4.78, 5) is 14.3. The number of nitrogens with one attached hydrogen (secondary N) is 2. The van der Waals surface area contributed by atoms with Crippen molar-refractivity contribution in [2.75, 3.05) is 51.3 Å². The molecule has 188 valence electrons. The highest BCUT2D eigenvalue weighted by molar-refractivity contribution is 5.96. The first-order valence-corrected chi connectivity index (χ1v) is 12.4. The van der Waals surface area contributed by atoms with Gasteiger partial charge in [-0.15, -0.1) is 6.58 Å². The molecule has 0 radical (unpaired) electrons. The number of hydrogen-bond acceptors (Lipinski definition) is 5. The zero-order valence-electron chi connectivity index (χ0n) is 20.8. The molecule has 0 aliphatic carbocycles. The zero-order valence-corrected chi connectivity index (χ0v) is 20.8. The van der Waals surface area contributed by atoms with E-state index in [-0.39, 0.29) is 6.03 Å². The van der Waals surface area contributed by atoms with Crippen LogP contribution in [0.25, 0.3) is 22.2 Å². The minimum Gasteiger partial charge on any atom is -0.493 e. The van der Waals surface area contributed by atoms with Crippen molar-refractivity contribution in [2.45, 2.75) is 19.9 Å². The lowest BCUT2D eigenvalue weighted by atomic mass is 10.1. The highest BCUT2D eigenvalue weighted by Crippen LogP contribution is 2.35. The number of anilines is 1. The first-order valence-electron chi connectivity index (χ1n) is 12.4. The number of nitriles is 1. The van der Waals surface area contributed by atoms with E-state index in [1.54, 1.807) is 6.08 Å². The number of hydrogen-bond donors (Lipinski definition) is 2. The predicted molar refractivity (Wildman–Crippen MR) is 142 cm³/mol. The van der Waals surface area contributed by atoms with Crippen LogP contribution in [-0.2, 0) is 11.3 Å². The van der Waals surface area contributed by atoms with Crippen molar-refractivity contribution in [2.24, 2.45) is 0 Å². The maximum atomic E-state index is 11.9. The van der Waals surface area contributed by atoms with Crippen LogP contribution in [0.4, 0.5) is 10.5 Å². The van der Waals surface area contributed by atoms with Gasteiger partial charge in [-0.3, -0.25) is 4.90 Å². The molecule has 2 amide bonds. The van der Waals surface area contributed by atoms with Gasteiger partial charge in [-0.2, -0.15) is 5.26 Å². The number of benzene rings is 2. The van der Waals surface area contributed by atoms with Crippen LogP contribution in [0.3, 0.4) is 0 Å². The number of nitrogens with zero attached hydrogens (tertiary/aromatic N) is 3. The Balaban J connectivity index is 1.51. The second-order valence-electron chi connectivity index (χ2n) is 8.62. The Hall–Kier alpha value is -3.80. The van der Waals surface area contributed by atoms with E-state index in [4.69, 9.17) is 9.47 Å². The van der Waals surface area contributed by atoms with Crippen molar-refractivity contribution in [3.8, 4) is 23.1 Å². The fraction of sp³-hybridized carbons (Fsp3) is 0.357. The number of amides is 2. The Morgan fingerprint density at radius 2 is 2.00 bits per heavy atom. The largest absolute Gasteiger partial charge is 0.493 e. The second-order valence-corrected chi connectivity index (χ2v) is 8.62. The van der Waals surface area contributed by atoms with Gasteiger partial charge in [-0.25, -0.2) is 4.79 Å². The summed E-state index contributed by atoms with van der Waals surface area (Å²) in [7, 11) is 0. The number of rotatable bonds is 10. The molecule has 4 rings (SSSR count). The Labute approximate surface area is 212 Å². The number of ether oxygens (including phenoxy) is 2. The van der Waals surface area contributed by atoms with E-state index in [1.165, 1.54) is 0 Å². The van der Waals surface area contributed by atoms with E-state index in [2.05, 4.69) is 39.7 Å². The average Bonchev–Trinajstić information content (AvgIpc) is 3.23. The van der Waals surface area contributed by atoms with Crippen molar-refractivity contribution in [1.82, 2.24) is 14.8 Å². The number of carbonyl (C=O) groups excluding carboxylic acids is 1. The van der Waals surface area contributed by atoms with Gasteiger partial charge < -0.3 is 24.7 Å². The lowest BCUT2D eigenvalue weighted by Gasteiger charge is -2.26. The van der Waals surface area contributed by atoms with Gasteiger partial charge in [0.15, 0.2) is 0 Å². The molecular formula is C28H33N5O3. The Kier molecular flexibility index (Phi) is 8.61. The average molecular weight is 488 g/mol. The minimum absolute atomic E-state index is 0.291. The lowest BCUT2D eigenvalue weighted by molar-refractivity contribution is 0.0358. The van der Waals surface area contributed by atoms with Crippen molar-refractivity contribution in [1.29, 1.82) is 5.26 Å². The molecule has 3 aromatic rings. The van der Waals surface area contributed by atoms with Gasteiger partial charge in [0.2, 0.25) is 0 Å².